The third kappa shape index (κ3) is 2.72. The zero-order valence-electron chi connectivity index (χ0n) is 10.7. The van der Waals surface area contributed by atoms with E-state index >= 15 is 0 Å². The van der Waals surface area contributed by atoms with Gasteiger partial charge in [0.2, 0.25) is 0 Å². The maximum atomic E-state index is 13.8. The van der Waals surface area contributed by atoms with E-state index in [9.17, 15) is 13.2 Å². The van der Waals surface area contributed by atoms with Crippen LogP contribution >= 0.6 is 15.9 Å². The van der Waals surface area contributed by atoms with E-state index in [1.807, 2.05) is 0 Å². The summed E-state index contributed by atoms with van der Waals surface area (Å²) in [7, 11) is 0. The van der Waals surface area contributed by atoms with Crippen LogP contribution in [-0.2, 0) is 0 Å². The van der Waals surface area contributed by atoms with Gasteiger partial charge in [0.25, 0.3) is 0 Å². The Labute approximate surface area is 127 Å². The number of alkyl halides is 1. The third-order valence-electron chi connectivity index (χ3n) is 3.17. The van der Waals surface area contributed by atoms with Crippen LogP contribution in [0.3, 0.4) is 0 Å². The van der Waals surface area contributed by atoms with E-state index in [-0.39, 0.29) is 5.56 Å². The predicted octanol–water partition coefficient (Wildman–Crippen LogP) is 4.36. The molecule has 0 aliphatic carbocycles. The van der Waals surface area contributed by atoms with Crippen LogP contribution in [0.5, 0.6) is 11.5 Å². The Balaban J connectivity index is 1.98. The van der Waals surface area contributed by atoms with Gasteiger partial charge in [0.05, 0.1) is 4.83 Å². The van der Waals surface area contributed by atoms with Gasteiger partial charge in [-0.2, -0.15) is 0 Å². The molecule has 2 nitrogen and oxygen atoms in total. The zero-order chi connectivity index (χ0) is 15.0. The number of hydrogen-bond donors (Lipinski definition) is 0. The highest BCUT2D eigenvalue weighted by Gasteiger charge is 2.20. The van der Waals surface area contributed by atoms with Gasteiger partial charge in [0.1, 0.15) is 19.0 Å². The molecule has 3 rings (SSSR count). The van der Waals surface area contributed by atoms with Crippen molar-refractivity contribution in [2.45, 2.75) is 4.83 Å². The smallest absolute Gasteiger partial charge is 0.161 e. The monoisotopic (exact) mass is 358 g/mol. The molecule has 1 unspecified atom stereocenters. The highest BCUT2D eigenvalue weighted by Crippen LogP contribution is 2.38. The molecule has 0 bridgehead atoms. The Morgan fingerprint density at radius 2 is 1.52 bits per heavy atom. The van der Waals surface area contributed by atoms with E-state index in [1.54, 1.807) is 18.2 Å². The lowest BCUT2D eigenvalue weighted by Gasteiger charge is -2.20. The average molecular weight is 359 g/mol. The van der Waals surface area contributed by atoms with E-state index in [1.165, 1.54) is 0 Å². The summed E-state index contributed by atoms with van der Waals surface area (Å²) in [6, 6.07) is 6.50. The standard InChI is InChI=1S/C15H10BrF3O2/c16-15(9-6-11(18)12(19)7-10(9)17)8-1-2-13-14(5-8)21-4-3-20-13/h1-2,5-7,15H,3-4H2. The predicted molar refractivity (Wildman–Crippen MR) is 74.5 cm³/mol. The minimum Gasteiger partial charge on any atom is -0.486 e. The van der Waals surface area contributed by atoms with Crippen molar-refractivity contribution in [2.75, 3.05) is 13.2 Å². The quantitative estimate of drug-likeness (QED) is 0.586. The lowest BCUT2D eigenvalue weighted by molar-refractivity contribution is 0.171. The molecule has 0 radical (unpaired) electrons. The molecule has 0 fully saturated rings. The first-order valence-corrected chi connectivity index (χ1v) is 7.16. The number of fused-ring (bicyclic) bond motifs is 1. The largest absolute Gasteiger partial charge is 0.486 e. The fourth-order valence-electron chi connectivity index (χ4n) is 2.13. The molecule has 1 aliphatic heterocycles. The Kier molecular flexibility index (Phi) is 3.80. The minimum atomic E-state index is -1.21. The second-order valence-corrected chi connectivity index (χ2v) is 5.47. The van der Waals surface area contributed by atoms with Gasteiger partial charge >= 0.3 is 0 Å². The SMILES string of the molecule is Fc1cc(F)c(C(Br)c2ccc3c(c2)OCCO3)cc1F. The molecule has 1 aliphatic rings. The Morgan fingerprint density at radius 3 is 2.29 bits per heavy atom. The molecule has 0 N–H and O–H groups in total. The van der Waals surface area contributed by atoms with E-state index in [2.05, 4.69) is 15.9 Å². The van der Waals surface area contributed by atoms with E-state index in [0.717, 1.165) is 6.07 Å². The van der Waals surface area contributed by atoms with Crippen LogP contribution in [0.4, 0.5) is 13.2 Å². The molecule has 0 aromatic heterocycles. The summed E-state index contributed by atoms with van der Waals surface area (Å²) in [5, 5.41) is 0. The van der Waals surface area contributed by atoms with Gasteiger partial charge in [-0.1, -0.05) is 22.0 Å². The van der Waals surface area contributed by atoms with Gasteiger partial charge in [0, 0.05) is 11.6 Å². The summed E-state index contributed by atoms with van der Waals surface area (Å²) in [6.45, 7) is 0.908. The van der Waals surface area contributed by atoms with Crippen LogP contribution in [0.15, 0.2) is 30.3 Å². The Bertz CT molecular complexity index is 691. The van der Waals surface area contributed by atoms with Crippen molar-refractivity contribution in [1.82, 2.24) is 0 Å². The lowest BCUT2D eigenvalue weighted by Crippen LogP contribution is -2.15. The minimum absolute atomic E-state index is 0.0191. The lowest BCUT2D eigenvalue weighted by atomic mass is 10.0. The van der Waals surface area contributed by atoms with Gasteiger partial charge < -0.3 is 9.47 Å². The number of hydrogen-bond acceptors (Lipinski definition) is 2. The topological polar surface area (TPSA) is 18.5 Å². The van der Waals surface area contributed by atoms with Gasteiger partial charge in [-0.15, -0.1) is 0 Å². The fraction of sp³-hybridized carbons (Fsp3) is 0.200. The van der Waals surface area contributed by atoms with Crippen molar-refractivity contribution in [1.29, 1.82) is 0 Å². The molecular formula is C15H10BrF3O2. The maximum absolute atomic E-state index is 13.8. The van der Waals surface area contributed by atoms with Gasteiger partial charge in [-0.25, -0.2) is 13.2 Å². The number of ether oxygens (including phenoxy) is 2. The highest BCUT2D eigenvalue weighted by molar-refractivity contribution is 9.09. The van der Waals surface area contributed by atoms with Crippen LogP contribution in [0.25, 0.3) is 0 Å². The fourth-order valence-corrected chi connectivity index (χ4v) is 2.76. The van der Waals surface area contributed by atoms with E-state index < -0.39 is 22.3 Å². The molecule has 110 valence electrons. The summed E-state index contributed by atoms with van der Waals surface area (Å²) in [5.74, 6) is -1.96. The zero-order valence-corrected chi connectivity index (χ0v) is 12.3. The summed E-state index contributed by atoms with van der Waals surface area (Å²) >= 11 is 3.31. The van der Waals surface area contributed by atoms with E-state index in [0.29, 0.717) is 36.3 Å². The number of rotatable bonds is 2. The first-order valence-electron chi connectivity index (χ1n) is 6.24. The van der Waals surface area contributed by atoms with Gasteiger partial charge in [-0.05, 0) is 23.8 Å². The molecule has 0 saturated carbocycles. The average Bonchev–Trinajstić information content (AvgIpc) is 2.50. The molecule has 21 heavy (non-hydrogen) atoms. The normalized spacial score (nSPS) is 14.9. The number of halogens is 4. The second-order valence-electron chi connectivity index (χ2n) is 4.55. The molecule has 2 aromatic rings. The van der Waals surface area contributed by atoms with Crippen molar-refractivity contribution in [3.63, 3.8) is 0 Å². The highest BCUT2D eigenvalue weighted by atomic mass is 79.9. The Hall–Kier alpha value is -1.69. The molecule has 2 aromatic carbocycles. The maximum Gasteiger partial charge on any atom is 0.161 e. The van der Waals surface area contributed by atoms with Gasteiger partial charge in [-0.3, -0.25) is 0 Å². The first kappa shape index (κ1) is 14.3. The molecule has 0 spiro atoms. The summed E-state index contributed by atoms with van der Waals surface area (Å²) in [5.41, 5.74) is 0.676. The Morgan fingerprint density at radius 1 is 0.857 bits per heavy atom. The first-order chi connectivity index (χ1) is 10.1. The van der Waals surface area contributed by atoms with Crippen molar-refractivity contribution in [3.8, 4) is 11.5 Å². The van der Waals surface area contributed by atoms with Crippen LogP contribution in [0.1, 0.15) is 16.0 Å². The number of benzene rings is 2. The molecule has 0 saturated heterocycles. The van der Waals surface area contributed by atoms with Crippen LogP contribution in [-0.4, -0.2) is 13.2 Å². The van der Waals surface area contributed by atoms with Crippen molar-refractivity contribution >= 4 is 15.9 Å². The molecule has 1 atom stereocenters. The molecular weight excluding hydrogens is 349 g/mol. The molecule has 6 heteroatoms. The summed E-state index contributed by atoms with van der Waals surface area (Å²) in [6.07, 6.45) is 0. The third-order valence-corrected chi connectivity index (χ3v) is 4.19. The van der Waals surface area contributed by atoms with E-state index in [4.69, 9.17) is 9.47 Å². The van der Waals surface area contributed by atoms with Crippen molar-refractivity contribution in [3.05, 3.63) is 58.9 Å². The summed E-state index contributed by atoms with van der Waals surface area (Å²) in [4.78, 5) is -0.622. The van der Waals surface area contributed by atoms with Crippen molar-refractivity contribution in [2.24, 2.45) is 0 Å². The van der Waals surface area contributed by atoms with Crippen LogP contribution in [0, 0.1) is 17.5 Å². The molecule has 0 amide bonds. The molecule has 1 heterocycles. The van der Waals surface area contributed by atoms with Crippen LogP contribution < -0.4 is 9.47 Å². The second kappa shape index (κ2) is 5.60. The van der Waals surface area contributed by atoms with Gasteiger partial charge in [0.15, 0.2) is 23.1 Å². The van der Waals surface area contributed by atoms with Crippen molar-refractivity contribution < 1.29 is 22.6 Å². The summed E-state index contributed by atoms with van der Waals surface area (Å²) < 4.78 is 50.9. The van der Waals surface area contributed by atoms with Crippen LogP contribution in [0.2, 0.25) is 0 Å².